The Morgan fingerprint density at radius 3 is 2.00 bits per heavy atom. The van der Waals surface area contributed by atoms with Crippen LogP contribution in [-0.2, 0) is 11.3 Å². The van der Waals surface area contributed by atoms with Crippen molar-refractivity contribution in [3.05, 3.63) is 104 Å². The van der Waals surface area contributed by atoms with Gasteiger partial charge in [0.05, 0.1) is 15.4 Å². The van der Waals surface area contributed by atoms with Crippen molar-refractivity contribution in [2.45, 2.75) is 13.5 Å². The summed E-state index contributed by atoms with van der Waals surface area (Å²) in [6.07, 6.45) is 0. The number of nitrogens with zero attached hydrogens (tertiary/aromatic N) is 2. The highest BCUT2D eigenvalue weighted by atomic mass is 16.6. The Balaban J connectivity index is 1.65. The van der Waals surface area contributed by atoms with Crippen LogP contribution in [0.2, 0.25) is 0 Å². The van der Waals surface area contributed by atoms with Crippen molar-refractivity contribution in [2.24, 2.45) is 0 Å². The topological polar surface area (TPSA) is 131 Å². The van der Waals surface area contributed by atoms with Crippen LogP contribution in [0.1, 0.15) is 21.5 Å². The summed E-state index contributed by atoms with van der Waals surface area (Å²) in [6.45, 7) is 1.56. The number of hydrogen-bond acceptors (Lipinski definition) is 8. The lowest BCUT2D eigenvalue weighted by atomic mass is 10.2. The first-order valence-electron chi connectivity index (χ1n) is 9.85. The molecule has 0 aliphatic carbocycles. The van der Waals surface area contributed by atoms with Gasteiger partial charge in [-0.2, -0.15) is 0 Å². The number of aryl methyl sites for hydroxylation is 1. The Morgan fingerprint density at radius 1 is 0.818 bits per heavy atom. The third kappa shape index (κ3) is 6.26. The number of carbonyl (C=O) groups is 1. The molecule has 0 aromatic heterocycles. The van der Waals surface area contributed by atoms with Gasteiger partial charge in [-0.05, 0) is 30.2 Å². The maximum absolute atomic E-state index is 12.4. The first kappa shape index (κ1) is 23.2. The number of ether oxygens (including phenoxy) is 3. The molecule has 10 heteroatoms. The first-order valence-corrected chi connectivity index (χ1v) is 9.85. The lowest BCUT2D eigenvalue weighted by Gasteiger charge is -2.11. The molecule has 0 spiro atoms. The van der Waals surface area contributed by atoms with Crippen LogP contribution in [0.4, 0.5) is 11.4 Å². The molecule has 0 radical (unpaired) electrons. The lowest BCUT2D eigenvalue weighted by Crippen LogP contribution is -2.12. The van der Waals surface area contributed by atoms with E-state index in [2.05, 4.69) is 0 Å². The number of benzene rings is 3. The third-order valence-corrected chi connectivity index (χ3v) is 4.52. The van der Waals surface area contributed by atoms with Crippen LogP contribution in [0.25, 0.3) is 0 Å². The van der Waals surface area contributed by atoms with E-state index in [1.54, 1.807) is 25.1 Å². The average Bonchev–Trinajstić information content (AvgIpc) is 2.80. The molecular formula is C23H20N2O8. The van der Waals surface area contributed by atoms with Crippen molar-refractivity contribution in [2.75, 3.05) is 13.2 Å². The van der Waals surface area contributed by atoms with Crippen molar-refractivity contribution in [3.8, 4) is 11.5 Å². The fraction of sp³-hybridized carbons (Fsp3) is 0.174. The molecule has 0 saturated carbocycles. The van der Waals surface area contributed by atoms with Crippen molar-refractivity contribution in [1.82, 2.24) is 0 Å². The number of rotatable bonds is 10. The normalized spacial score (nSPS) is 10.3. The van der Waals surface area contributed by atoms with Gasteiger partial charge < -0.3 is 14.2 Å². The highest BCUT2D eigenvalue weighted by Crippen LogP contribution is 2.30. The third-order valence-electron chi connectivity index (χ3n) is 4.52. The molecule has 0 aliphatic heterocycles. The van der Waals surface area contributed by atoms with Crippen LogP contribution in [-0.4, -0.2) is 29.0 Å². The Morgan fingerprint density at radius 2 is 1.39 bits per heavy atom. The van der Waals surface area contributed by atoms with E-state index < -0.39 is 15.8 Å². The molecule has 0 saturated heterocycles. The summed E-state index contributed by atoms with van der Waals surface area (Å²) >= 11 is 0. The van der Waals surface area contributed by atoms with Crippen LogP contribution in [0, 0.1) is 27.2 Å². The molecule has 0 amide bonds. The summed E-state index contributed by atoms with van der Waals surface area (Å²) in [4.78, 5) is 33.6. The van der Waals surface area contributed by atoms with E-state index in [1.807, 2.05) is 18.2 Å². The number of esters is 1. The fourth-order valence-electron chi connectivity index (χ4n) is 2.91. The molecule has 0 aliphatic rings. The lowest BCUT2D eigenvalue weighted by molar-refractivity contribution is -0.386. The van der Waals surface area contributed by atoms with Gasteiger partial charge in [0.2, 0.25) is 0 Å². The molecule has 33 heavy (non-hydrogen) atoms. The van der Waals surface area contributed by atoms with Gasteiger partial charge in [-0.25, -0.2) is 4.79 Å². The Kier molecular flexibility index (Phi) is 7.53. The molecule has 3 aromatic rings. The zero-order valence-electron chi connectivity index (χ0n) is 17.6. The van der Waals surface area contributed by atoms with Gasteiger partial charge >= 0.3 is 17.3 Å². The monoisotopic (exact) mass is 452 g/mol. The minimum Gasteiger partial charge on any atom is -0.483 e. The summed E-state index contributed by atoms with van der Waals surface area (Å²) in [5, 5.41) is 22.5. The Labute approximate surface area is 188 Å². The molecule has 0 fully saturated rings. The fourth-order valence-corrected chi connectivity index (χ4v) is 2.91. The minimum atomic E-state index is -0.662. The molecule has 0 unspecified atom stereocenters. The molecule has 170 valence electrons. The van der Waals surface area contributed by atoms with E-state index in [1.165, 1.54) is 24.3 Å². The first-order chi connectivity index (χ1) is 15.8. The largest absolute Gasteiger partial charge is 0.483 e. The molecule has 0 bridgehead atoms. The highest BCUT2D eigenvalue weighted by molar-refractivity contribution is 5.90. The minimum absolute atomic E-state index is 0.0516. The number of carbonyl (C=O) groups excluding carboxylic acids is 1. The van der Waals surface area contributed by atoms with Gasteiger partial charge in [-0.15, -0.1) is 0 Å². The van der Waals surface area contributed by atoms with Crippen molar-refractivity contribution < 1.29 is 28.9 Å². The molecular weight excluding hydrogens is 432 g/mol. The quantitative estimate of drug-likeness (QED) is 0.188. The zero-order chi connectivity index (χ0) is 23.8. The summed E-state index contributed by atoms with van der Waals surface area (Å²) in [7, 11) is 0. The van der Waals surface area contributed by atoms with Gasteiger partial charge in [0.15, 0.2) is 11.5 Å². The van der Waals surface area contributed by atoms with E-state index in [4.69, 9.17) is 14.2 Å². The van der Waals surface area contributed by atoms with E-state index in [-0.39, 0.29) is 48.3 Å². The predicted molar refractivity (Wildman–Crippen MR) is 117 cm³/mol. The van der Waals surface area contributed by atoms with E-state index in [0.717, 1.165) is 17.2 Å². The number of hydrogen-bond donors (Lipinski definition) is 0. The molecule has 0 N–H and O–H groups in total. The maximum Gasteiger partial charge on any atom is 0.338 e. The molecule has 3 rings (SSSR count). The standard InChI is InChI=1S/C23H20N2O8/c1-16-7-9-19(24(27)28)21(13-16)31-11-12-32-22-14-18(8-10-20(22)25(29)30)23(26)33-15-17-5-3-2-4-6-17/h2-10,13-14H,11-12,15H2,1H3. The zero-order valence-corrected chi connectivity index (χ0v) is 17.6. The van der Waals surface area contributed by atoms with E-state index >= 15 is 0 Å². The highest BCUT2D eigenvalue weighted by Gasteiger charge is 2.20. The van der Waals surface area contributed by atoms with Crippen LogP contribution in [0.3, 0.4) is 0 Å². The number of nitro groups is 2. The van der Waals surface area contributed by atoms with Crippen molar-refractivity contribution in [3.63, 3.8) is 0 Å². The summed E-state index contributed by atoms with van der Waals surface area (Å²) in [5.74, 6) is -0.738. The van der Waals surface area contributed by atoms with Crippen LogP contribution < -0.4 is 9.47 Å². The number of nitro benzene ring substituents is 2. The molecule has 0 heterocycles. The van der Waals surface area contributed by atoms with Gasteiger partial charge in [-0.3, -0.25) is 20.2 Å². The SMILES string of the molecule is Cc1ccc([N+](=O)[O-])c(OCCOc2cc(C(=O)OCc3ccccc3)ccc2[N+](=O)[O-])c1. The van der Waals surface area contributed by atoms with Crippen molar-refractivity contribution in [1.29, 1.82) is 0 Å². The summed E-state index contributed by atoms with van der Waals surface area (Å²) in [6, 6.07) is 17.2. The van der Waals surface area contributed by atoms with Crippen LogP contribution in [0.5, 0.6) is 11.5 Å². The van der Waals surface area contributed by atoms with E-state index in [9.17, 15) is 25.0 Å². The summed E-state index contributed by atoms with van der Waals surface area (Å²) in [5.41, 5.74) is 1.12. The molecule has 10 nitrogen and oxygen atoms in total. The second kappa shape index (κ2) is 10.7. The van der Waals surface area contributed by atoms with Crippen LogP contribution in [0.15, 0.2) is 66.7 Å². The maximum atomic E-state index is 12.4. The van der Waals surface area contributed by atoms with Gasteiger partial charge in [0.1, 0.15) is 19.8 Å². The van der Waals surface area contributed by atoms with E-state index in [0.29, 0.717) is 0 Å². The average molecular weight is 452 g/mol. The van der Waals surface area contributed by atoms with Gasteiger partial charge in [-0.1, -0.05) is 36.4 Å². The van der Waals surface area contributed by atoms with Gasteiger partial charge in [0.25, 0.3) is 0 Å². The smallest absolute Gasteiger partial charge is 0.338 e. The second-order valence-corrected chi connectivity index (χ2v) is 6.93. The van der Waals surface area contributed by atoms with Crippen LogP contribution >= 0.6 is 0 Å². The van der Waals surface area contributed by atoms with Crippen molar-refractivity contribution >= 4 is 17.3 Å². The van der Waals surface area contributed by atoms with Gasteiger partial charge in [0, 0.05) is 18.2 Å². The Hall–Kier alpha value is -4.47. The predicted octanol–water partition coefficient (Wildman–Crippen LogP) is 4.63. The molecule has 0 atom stereocenters. The Bertz CT molecular complexity index is 1160. The summed E-state index contributed by atoms with van der Waals surface area (Å²) < 4.78 is 16.1. The molecule has 3 aromatic carbocycles. The second-order valence-electron chi connectivity index (χ2n) is 6.93.